The maximum absolute atomic E-state index is 5.66. The van der Waals surface area contributed by atoms with Crippen molar-refractivity contribution >= 4 is 15.9 Å². The lowest BCUT2D eigenvalue weighted by Gasteiger charge is -2.07. The maximum atomic E-state index is 5.66. The van der Waals surface area contributed by atoms with Gasteiger partial charge in [0.15, 0.2) is 0 Å². The fourth-order valence-corrected chi connectivity index (χ4v) is 1.68. The topological polar surface area (TPSA) is 18.5 Å². The van der Waals surface area contributed by atoms with E-state index >= 15 is 0 Å². The second-order valence-corrected chi connectivity index (χ2v) is 4.51. The van der Waals surface area contributed by atoms with Gasteiger partial charge in [0.25, 0.3) is 0 Å². The van der Waals surface area contributed by atoms with Gasteiger partial charge in [-0.25, -0.2) is 0 Å². The second-order valence-electron chi connectivity index (χ2n) is 3.59. The number of hydrogen-bond donors (Lipinski definition) is 0. The van der Waals surface area contributed by atoms with Crippen molar-refractivity contribution in [2.45, 2.75) is 6.61 Å². The van der Waals surface area contributed by atoms with E-state index in [0.29, 0.717) is 6.61 Å². The number of halogens is 1. The van der Waals surface area contributed by atoms with Gasteiger partial charge in [-0.3, -0.25) is 0 Å². The van der Waals surface area contributed by atoms with Gasteiger partial charge >= 0.3 is 0 Å². The molecule has 2 aromatic rings. The minimum absolute atomic E-state index is 0.569. The van der Waals surface area contributed by atoms with E-state index in [1.165, 1.54) is 0 Å². The molecule has 0 saturated carbocycles. The zero-order chi connectivity index (χ0) is 12.1. The van der Waals surface area contributed by atoms with Gasteiger partial charge in [-0.05, 0) is 42.0 Å². The standard InChI is InChI=1S/C14H13BrO2/c1-16-13-6-8-14(9-7-13)17-10-11-2-4-12(15)5-3-11/h2-9H,10H2,1H3. The van der Waals surface area contributed by atoms with Crippen molar-refractivity contribution in [1.29, 1.82) is 0 Å². The molecule has 0 aromatic heterocycles. The third kappa shape index (κ3) is 3.49. The van der Waals surface area contributed by atoms with E-state index in [9.17, 15) is 0 Å². The van der Waals surface area contributed by atoms with Crippen molar-refractivity contribution in [3.8, 4) is 11.5 Å². The smallest absolute Gasteiger partial charge is 0.120 e. The molecule has 0 atom stereocenters. The summed E-state index contributed by atoms with van der Waals surface area (Å²) in [5.74, 6) is 1.68. The summed E-state index contributed by atoms with van der Waals surface area (Å²) in [6.07, 6.45) is 0. The average molecular weight is 293 g/mol. The minimum Gasteiger partial charge on any atom is -0.497 e. The first-order chi connectivity index (χ1) is 8.28. The maximum Gasteiger partial charge on any atom is 0.120 e. The van der Waals surface area contributed by atoms with Gasteiger partial charge in [0, 0.05) is 4.47 Å². The highest BCUT2D eigenvalue weighted by Crippen LogP contribution is 2.18. The highest BCUT2D eigenvalue weighted by atomic mass is 79.9. The van der Waals surface area contributed by atoms with Gasteiger partial charge in [-0.2, -0.15) is 0 Å². The summed E-state index contributed by atoms with van der Waals surface area (Å²) in [4.78, 5) is 0. The Kier molecular flexibility index (Phi) is 4.04. The van der Waals surface area contributed by atoms with Crippen LogP contribution >= 0.6 is 15.9 Å². The molecule has 0 aliphatic heterocycles. The second kappa shape index (κ2) is 5.73. The van der Waals surface area contributed by atoms with Gasteiger partial charge in [0.05, 0.1) is 7.11 Å². The Labute approximate surface area is 109 Å². The molecule has 0 radical (unpaired) electrons. The highest BCUT2D eigenvalue weighted by molar-refractivity contribution is 9.10. The van der Waals surface area contributed by atoms with Gasteiger partial charge in [-0.1, -0.05) is 28.1 Å². The van der Waals surface area contributed by atoms with E-state index < -0.39 is 0 Å². The Morgan fingerprint density at radius 1 is 0.882 bits per heavy atom. The monoisotopic (exact) mass is 292 g/mol. The van der Waals surface area contributed by atoms with Crippen molar-refractivity contribution in [3.05, 3.63) is 58.6 Å². The largest absolute Gasteiger partial charge is 0.497 e. The number of benzene rings is 2. The third-order valence-electron chi connectivity index (χ3n) is 2.38. The molecule has 0 bridgehead atoms. The van der Waals surface area contributed by atoms with E-state index in [1.807, 2.05) is 48.5 Å². The molecule has 0 aliphatic carbocycles. The lowest BCUT2D eigenvalue weighted by molar-refractivity contribution is 0.305. The fraction of sp³-hybridized carbons (Fsp3) is 0.143. The molecule has 0 aliphatic rings. The van der Waals surface area contributed by atoms with Crippen LogP contribution in [0.25, 0.3) is 0 Å². The lowest BCUT2D eigenvalue weighted by atomic mass is 10.2. The Balaban J connectivity index is 1.95. The van der Waals surface area contributed by atoms with Crippen molar-refractivity contribution < 1.29 is 9.47 Å². The first kappa shape index (κ1) is 12.0. The fourth-order valence-electron chi connectivity index (χ4n) is 1.42. The Morgan fingerprint density at radius 3 is 2.06 bits per heavy atom. The number of hydrogen-bond acceptors (Lipinski definition) is 2. The van der Waals surface area contributed by atoms with Crippen LogP contribution < -0.4 is 9.47 Å². The first-order valence-corrected chi connectivity index (χ1v) is 6.08. The molecule has 0 spiro atoms. The lowest BCUT2D eigenvalue weighted by Crippen LogP contribution is -1.95. The van der Waals surface area contributed by atoms with Crippen LogP contribution in [-0.2, 0) is 6.61 Å². The Hall–Kier alpha value is -1.48. The number of rotatable bonds is 4. The zero-order valence-corrected chi connectivity index (χ0v) is 11.1. The molecule has 0 fully saturated rings. The summed E-state index contributed by atoms with van der Waals surface area (Å²) in [7, 11) is 1.65. The average Bonchev–Trinajstić information content (AvgIpc) is 2.39. The molecule has 0 N–H and O–H groups in total. The van der Waals surface area contributed by atoms with Crippen LogP contribution in [0.3, 0.4) is 0 Å². The van der Waals surface area contributed by atoms with Crippen LogP contribution in [0.5, 0.6) is 11.5 Å². The third-order valence-corrected chi connectivity index (χ3v) is 2.91. The summed E-state index contributed by atoms with van der Waals surface area (Å²) in [5.41, 5.74) is 1.14. The molecule has 3 heteroatoms. The molecule has 2 aromatic carbocycles. The van der Waals surface area contributed by atoms with Crippen LogP contribution in [-0.4, -0.2) is 7.11 Å². The molecular formula is C14H13BrO2. The van der Waals surface area contributed by atoms with E-state index in [0.717, 1.165) is 21.5 Å². The molecule has 0 unspecified atom stereocenters. The molecule has 0 saturated heterocycles. The van der Waals surface area contributed by atoms with Gasteiger partial charge in [0.2, 0.25) is 0 Å². The normalized spacial score (nSPS) is 10.0. The van der Waals surface area contributed by atoms with Crippen molar-refractivity contribution in [2.75, 3.05) is 7.11 Å². The predicted octanol–water partition coefficient (Wildman–Crippen LogP) is 4.04. The van der Waals surface area contributed by atoms with Crippen LogP contribution in [0.15, 0.2) is 53.0 Å². The first-order valence-electron chi connectivity index (χ1n) is 5.29. The summed E-state index contributed by atoms with van der Waals surface area (Å²) in [5, 5.41) is 0. The van der Waals surface area contributed by atoms with E-state index in [1.54, 1.807) is 7.11 Å². The SMILES string of the molecule is COc1ccc(OCc2ccc(Br)cc2)cc1. The summed E-state index contributed by atoms with van der Waals surface area (Å²) in [6, 6.07) is 15.7. The van der Waals surface area contributed by atoms with Gasteiger partial charge in [-0.15, -0.1) is 0 Å². The summed E-state index contributed by atoms with van der Waals surface area (Å²) in [6.45, 7) is 0.569. The molecular weight excluding hydrogens is 280 g/mol. The van der Waals surface area contributed by atoms with Crippen molar-refractivity contribution in [1.82, 2.24) is 0 Å². The molecule has 17 heavy (non-hydrogen) atoms. The Morgan fingerprint density at radius 2 is 1.47 bits per heavy atom. The van der Waals surface area contributed by atoms with Crippen LogP contribution in [0.2, 0.25) is 0 Å². The van der Waals surface area contributed by atoms with E-state index in [2.05, 4.69) is 15.9 Å². The van der Waals surface area contributed by atoms with Crippen molar-refractivity contribution in [3.63, 3.8) is 0 Å². The quantitative estimate of drug-likeness (QED) is 0.847. The van der Waals surface area contributed by atoms with E-state index in [4.69, 9.17) is 9.47 Å². The summed E-state index contributed by atoms with van der Waals surface area (Å²) < 4.78 is 11.8. The van der Waals surface area contributed by atoms with Crippen LogP contribution in [0.4, 0.5) is 0 Å². The molecule has 2 nitrogen and oxygen atoms in total. The number of methoxy groups -OCH3 is 1. The van der Waals surface area contributed by atoms with Crippen molar-refractivity contribution in [2.24, 2.45) is 0 Å². The minimum atomic E-state index is 0.569. The van der Waals surface area contributed by atoms with Gasteiger partial charge < -0.3 is 9.47 Å². The molecule has 88 valence electrons. The molecule has 0 heterocycles. The molecule has 2 rings (SSSR count). The van der Waals surface area contributed by atoms with E-state index in [-0.39, 0.29) is 0 Å². The van der Waals surface area contributed by atoms with Crippen LogP contribution in [0, 0.1) is 0 Å². The molecule has 0 amide bonds. The highest BCUT2D eigenvalue weighted by Gasteiger charge is 1.97. The predicted molar refractivity (Wildman–Crippen MR) is 71.5 cm³/mol. The van der Waals surface area contributed by atoms with Gasteiger partial charge in [0.1, 0.15) is 18.1 Å². The number of ether oxygens (including phenoxy) is 2. The Bertz CT molecular complexity index is 463. The van der Waals surface area contributed by atoms with Crippen LogP contribution in [0.1, 0.15) is 5.56 Å². The summed E-state index contributed by atoms with van der Waals surface area (Å²) >= 11 is 3.40. The zero-order valence-electron chi connectivity index (χ0n) is 9.52.